The lowest BCUT2D eigenvalue weighted by Crippen LogP contribution is -2.35. The molecule has 38 heavy (non-hydrogen) atoms. The predicted molar refractivity (Wildman–Crippen MR) is 134 cm³/mol. The Labute approximate surface area is 216 Å². The Hall–Kier alpha value is -3.61. The van der Waals surface area contributed by atoms with E-state index >= 15 is 0 Å². The third-order valence-corrected chi connectivity index (χ3v) is 5.51. The van der Waals surface area contributed by atoms with Gasteiger partial charge in [0.05, 0.1) is 45.2 Å². The molecule has 12 heteroatoms. The number of hydrogen-bond donors (Lipinski definition) is 2. The zero-order valence-corrected chi connectivity index (χ0v) is 20.6. The second-order valence-corrected chi connectivity index (χ2v) is 8.44. The van der Waals surface area contributed by atoms with Gasteiger partial charge >= 0.3 is 6.18 Å². The van der Waals surface area contributed by atoms with E-state index in [2.05, 4.69) is 10.6 Å². The Balaban J connectivity index is 1.52. The Morgan fingerprint density at radius 3 is 1.76 bits per heavy atom. The minimum absolute atomic E-state index is 0.0387. The van der Waals surface area contributed by atoms with Crippen LogP contribution in [0.4, 0.5) is 35.9 Å². The molecular weight excluding hydrogens is 509 g/mol. The third kappa shape index (κ3) is 7.03. The molecule has 2 N–H and O–H groups in total. The largest absolute Gasteiger partial charge is 0.487 e. The summed E-state index contributed by atoms with van der Waals surface area (Å²) in [5.41, 5.74) is -1.90. The van der Waals surface area contributed by atoms with Crippen molar-refractivity contribution >= 4 is 22.7 Å². The van der Waals surface area contributed by atoms with Gasteiger partial charge in [-0.25, -0.2) is 0 Å². The van der Waals surface area contributed by atoms with Crippen LogP contribution in [-0.4, -0.2) is 52.9 Å². The maximum Gasteiger partial charge on any atom is 0.416 e. The van der Waals surface area contributed by atoms with Crippen molar-refractivity contribution < 1.29 is 36.9 Å². The first-order valence-electron chi connectivity index (χ1n) is 11.9. The fourth-order valence-electron chi connectivity index (χ4n) is 3.72. The lowest BCUT2D eigenvalue weighted by molar-refractivity contribution is -0.137. The van der Waals surface area contributed by atoms with Crippen LogP contribution in [0.3, 0.4) is 0 Å². The molecule has 0 atom stereocenters. The minimum Gasteiger partial charge on any atom is -0.487 e. The van der Waals surface area contributed by atoms with Gasteiger partial charge in [-0.1, -0.05) is 0 Å². The average Bonchev–Trinajstić information content (AvgIpc) is 2.89. The first-order chi connectivity index (χ1) is 18.2. The lowest BCUT2D eigenvalue weighted by Gasteiger charge is -2.18. The molecule has 0 saturated heterocycles. The Morgan fingerprint density at radius 1 is 0.658 bits per heavy atom. The predicted octanol–water partition coefficient (Wildman–Crippen LogP) is 3.92. The highest BCUT2D eigenvalue weighted by Crippen LogP contribution is 2.35. The number of benzene rings is 2. The normalized spacial score (nSPS) is 15.9. The Bertz CT molecular complexity index is 1320. The van der Waals surface area contributed by atoms with Gasteiger partial charge in [0, 0.05) is 17.4 Å². The second-order valence-electron chi connectivity index (χ2n) is 8.44. The summed E-state index contributed by atoms with van der Waals surface area (Å²) in [6.07, 6.45) is -4.56. The summed E-state index contributed by atoms with van der Waals surface area (Å²) in [5, 5.41) is 5.53. The highest BCUT2D eigenvalue weighted by atomic mass is 19.4. The smallest absolute Gasteiger partial charge is 0.416 e. The number of rotatable bonds is 4. The SMILES string of the molecule is Cc1cc(Nc2c(Nc3ccc4c(c3)OCCOCCOCCOCCO4)c(=O)c2=O)cc(C(F)(F)F)c1. The molecule has 0 radical (unpaired) electrons. The van der Waals surface area contributed by atoms with Crippen LogP contribution in [0.2, 0.25) is 0 Å². The molecule has 0 amide bonds. The lowest BCUT2D eigenvalue weighted by atomic mass is 10.1. The van der Waals surface area contributed by atoms with E-state index in [-0.39, 0.29) is 30.3 Å². The van der Waals surface area contributed by atoms with Gasteiger partial charge in [-0.05, 0) is 42.8 Å². The van der Waals surface area contributed by atoms with Crippen molar-refractivity contribution in [1.82, 2.24) is 0 Å². The van der Waals surface area contributed by atoms with Crippen LogP contribution < -0.4 is 31.0 Å². The maximum atomic E-state index is 13.2. The summed E-state index contributed by atoms with van der Waals surface area (Å²) in [6.45, 7) is 4.35. The summed E-state index contributed by atoms with van der Waals surface area (Å²) in [4.78, 5) is 24.6. The first-order valence-corrected chi connectivity index (χ1v) is 11.9. The number of halogens is 3. The summed E-state index contributed by atoms with van der Waals surface area (Å²) in [7, 11) is 0. The van der Waals surface area contributed by atoms with Crippen molar-refractivity contribution in [2.75, 3.05) is 63.5 Å². The maximum absolute atomic E-state index is 13.2. The van der Waals surface area contributed by atoms with E-state index in [9.17, 15) is 22.8 Å². The van der Waals surface area contributed by atoms with Crippen molar-refractivity contribution in [2.24, 2.45) is 0 Å². The van der Waals surface area contributed by atoms with Gasteiger partial charge in [0.25, 0.3) is 10.9 Å². The quantitative estimate of drug-likeness (QED) is 0.480. The molecule has 1 aliphatic rings. The van der Waals surface area contributed by atoms with E-state index in [0.717, 1.165) is 12.1 Å². The van der Waals surface area contributed by atoms with E-state index in [0.29, 0.717) is 62.4 Å². The van der Waals surface area contributed by atoms with Crippen molar-refractivity contribution in [1.29, 1.82) is 0 Å². The molecule has 0 aliphatic carbocycles. The van der Waals surface area contributed by atoms with Gasteiger partial charge in [-0.2, -0.15) is 13.2 Å². The molecule has 0 aromatic heterocycles. The number of anilines is 4. The molecule has 204 valence electrons. The molecule has 1 heterocycles. The van der Waals surface area contributed by atoms with E-state index in [1.54, 1.807) is 18.2 Å². The molecule has 0 fully saturated rings. The molecule has 4 rings (SSSR count). The number of hydrogen-bond acceptors (Lipinski definition) is 9. The minimum atomic E-state index is -4.56. The summed E-state index contributed by atoms with van der Waals surface area (Å²) < 4.78 is 67.5. The van der Waals surface area contributed by atoms with Gasteiger partial charge in [0.1, 0.15) is 24.6 Å². The van der Waals surface area contributed by atoms with Crippen LogP contribution in [0.15, 0.2) is 46.0 Å². The van der Waals surface area contributed by atoms with Gasteiger partial charge < -0.3 is 34.3 Å². The summed E-state index contributed by atoms with van der Waals surface area (Å²) >= 11 is 0. The van der Waals surface area contributed by atoms with Crippen LogP contribution in [0, 0.1) is 6.92 Å². The van der Waals surface area contributed by atoms with Gasteiger partial charge in [0.2, 0.25) is 0 Å². The molecule has 0 spiro atoms. The number of alkyl halides is 3. The van der Waals surface area contributed by atoms with Crippen LogP contribution >= 0.6 is 0 Å². The van der Waals surface area contributed by atoms with Crippen LogP contribution in [0.1, 0.15) is 11.1 Å². The fraction of sp³-hybridized carbons (Fsp3) is 0.385. The van der Waals surface area contributed by atoms with Crippen molar-refractivity contribution in [3.8, 4) is 11.5 Å². The Morgan fingerprint density at radius 2 is 1.18 bits per heavy atom. The van der Waals surface area contributed by atoms with Crippen molar-refractivity contribution in [3.05, 3.63) is 68.0 Å². The zero-order chi connectivity index (χ0) is 27.1. The van der Waals surface area contributed by atoms with E-state index in [4.69, 9.17) is 23.7 Å². The number of aryl methyl sites for hydroxylation is 1. The van der Waals surface area contributed by atoms with Crippen LogP contribution in [0.5, 0.6) is 11.5 Å². The number of nitrogens with one attached hydrogen (secondary N) is 2. The monoisotopic (exact) mass is 536 g/mol. The van der Waals surface area contributed by atoms with E-state index in [1.165, 1.54) is 13.0 Å². The van der Waals surface area contributed by atoms with Gasteiger partial charge in [0.15, 0.2) is 11.5 Å². The average molecular weight is 537 g/mol. The van der Waals surface area contributed by atoms with Crippen molar-refractivity contribution in [2.45, 2.75) is 13.1 Å². The molecule has 3 aromatic rings. The van der Waals surface area contributed by atoms with E-state index < -0.39 is 22.6 Å². The number of ether oxygens (including phenoxy) is 5. The second kappa shape index (κ2) is 12.3. The Kier molecular flexibility index (Phi) is 8.87. The standard InChI is InChI=1S/C26H27F3N2O7/c1-16-12-17(26(27,28)29)14-19(13-16)31-23-22(24(32)25(23)33)30-18-2-3-20-21(15-18)38-11-9-36-7-5-34-4-6-35-8-10-37-20/h2-3,12-15,30-31H,4-11H2,1H3. The molecule has 1 aliphatic heterocycles. The summed E-state index contributed by atoms with van der Waals surface area (Å²) in [6, 6.07) is 8.17. The molecule has 0 unspecified atom stereocenters. The van der Waals surface area contributed by atoms with E-state index in [1.807, 2.05) is 0 Å². The molecule has 3 aromatic carbocycles. The molecule has 0 bridgehead atoms. The number of fused-ring (bicyclic) bond motifs is 1. The van der Waals surface area contributed by atoms with Gasteiger partial charge in [-0.15, -0.1) is 0 Å². The van der Waals surface area contributed by atoms with Crippen LogP contribution in [-0.2, 0) is 20.4 Å². The highest BCUT2D eigenvalue weighted by Gasteiger charge is 2.31. The molecule has 9 nitrogen and oxygen atoms in total. The summed E-state index contributed by atoms with van der Waals surface area (Å²) in [5.74, 6) is 0.805. The highest BCUT2D eigenvalue weighted by molar-refractivity contribution is 5.82. The zero-order valence-electron chi connectivity index (χ0n) is 20.6. The van der Waals surface area contributed by atoms with Crippen LogP contribution in [0.25, 0.3) is 0 Å². The third-order valence-electron chi connectivity index (χ3n) is 5.51. The van der Waals surface area contributed by atoms with Gasteiger partial charge in [-0.3, -0.25) is 9.59 Å². The topological polar surface area (TPSA) is 104 Å². The molecule has 0 saturated carbocycles. The first kappa shape index (κ1) is 27.4. The van der Waals surface area contributed by atoms with Crippen molar-refractivity contribution in [3.63, 3.8) is 0 Å². The fourth-order valence-corrected chi connectivity index (χ4v) is 3.72. The molecular formula is C26H27F3N2O7.